The lowest BCUT2D eigenvalue weighted by molar-refractivity contribution is -0.142. The summed E-state index contributed by atoms with van der Waals surface area (Å²) in [4.78, 5) is 28.4. The molecule has 2 rings (SSSR count). The first-order valence-corrected chi connectivity index (χ1v) is 6.89. The summed E-state index contributed by atoms with van der Waals surface area (Å²) in [7, 11) is 1.58. The minimum absolute atomic E-state index is 0.0304. The van der Waals surface area contributed by atoms with E-state index in [-0.39, 0.29) is 19.0 Å². The first kappa shape index (κ1) is 15.7. The molecule has 2 aromatic rings. The van der Waals surface area contributed by atoms with E-state index in [1.807, 2.05) is 30.3 Å². The van der Waals surface area contributed by atoms with Crippen LogP contribution in [0.3, 0.4) is 0 Å². The number of carbonyl (C=O) groups is 2. The Hall–Kier alpha value is -2.70. The highest BCUT2D eigenvalue weighted by Crippen LogP contribution is 2.12. The standard InChI is InChI=1S/C15H18N4O3/c1-11(15(21)22)8-18(2)13(20)9-19-10-16-14(17-19)12-6-4-3-5-7-12/h3-7,10-11H,8-9H2,1-2H3,(H,21,22). The van der Waals surface area contributed by atoms with Crippen molar-refractivity contribution in [2.75, 3.05) is 13.6 Å². The molecule has 1 atom stereocenters. The summed E-state index contributed by atoms with van der Waals surface area (Å²) in [5.41, 5.74) is 0.876. The molecule has 1 amide bonds. The van der Waals surface area contributed by atoms with Crippen LogP contribution >= 0.6 is 0 Å². The van der Waals surface area contributed by atoms with Gasteiger partial charge in [-0.25, -0.2) is 9.67 Å². The third-order valence-corrected chi connectivity index (χ3v) is 3.26. The maximum absolute atomic E-state index is 12.1. The van der Waals surface area contributed by atoms with Crippen LogP contribution in [-0.2, 0) is 16.1 Å². The lowest BCUT2D eigenvalue weighted by Crippen LogP contribution is -2.35. The average Bonchev–Trinajstić information content (AvgIpc) is 2.96. The highest BCUT2D eigenvalue weighted by molar-refractivity contribution is 5.77. The molecule has 0 aliphatic rings. The molecule has 0 spiro atoms. The van der Waals surface area contributed by atoms with Crippen LogP contribution in [0.4, 0.5) is 0 Å². The third-order valence-electron chi connectivity index (χ3n) is 3.26. The van der Waals surface area contributed by atoms with Gasteiger partial charge in [-0.15, -0.1) is 0 Å². The van der Waals surface area contributed by atoms with Crippen molar-refractivity contribution in [2.24, 2.45) is 5.92 Å². The zero-order valence-electron chi connectivity index (χ0n) is 12.5. The van der Waals surface area contributed by atoms with Crippen molar-refractivity contribution in [1.82, 2.24) is 19.7 Å². The summed E-state index contributed by atoms with van der Waals surface area (Å²) in [5, 5.41) is 13.1. The number of carbonyl (C=O) groups excluding carboxylic acids is 1. The lowest BCUT2D eigenvalue weighted by atomic mass is 10.2. The fourth-order valence-corrected chi connectivity index (χ4v) is 1.94. The number of likely N-dealkylation sites (N-methyl/N-ethyl adjacent to an activating group) is 1. The van der Waals surface area contributed by atoms with Crippen molar-refractivity contribution in [1.29, 1.82) is 0 Å². The number of amides is 1. The second-order valence-electron chi connectivity index (χ2n) is 5.15. The summed E-state index contributed by atoms with van der Waals surface area (Å²) < 4.78 is 1.45. The molecule has 0 aliphatic carbocycles. The number of benzene rings is 1. The fourth-order valence-electron chi connectivity index (χ4n) is 1.94. The van der Waals surface area contributed by atoms with Gasteiger partial charge in [0.15, 0.2) is 5.82 Å². The minimum Gasteiger partial charge on any atom is -0.481 e. The Morgan fingerprint density at radius 3 is 2.64 bits per heavy atom. The molecule has 1 unspecified atom stereocenters. The predicted molar refractivity (Wildman–Crippen MR) is 79.9 cm³/mol. The molecule has 1 aromatic heterocycles. The number of rotatable bonds is 6. The van der Waals surface area contributed by atoms with Crippen molar-refractivity contribution in [3.8, 4) is 11.4 Å². The Labute approximate surface area is 128 Å². The summed E-state index contributed by atoms with van der Waals surface area (Å²) in [6, 6.07) is 9.47. The highest BCUT2D eigenvalue weighted by Gasteiger charge is 2.18. The van der Waals surface area contributed by atoms with Crippen molar-refractivity contribution in [3.05, 3.63) is 36.7 Å². The SMILES string of the molecule is CC(CN(C)C(=O)Cn1cnc(-c2ccccc2)n1)C(=O)O. The molecule has 0 saturated carbocycles. The number of hydrogen-bond acceptors (Lipinski definition) is 4. The van der Waals surface area contributed by atoms with Gasteiger partial charge in [-0.2, -0.15) is 5.10 Å². The van der Waals surface area contributed by atoms with Crippen LogP contribution in [0, 0.1) is 5.92 Å². The Morgan fingerprint density at radius 1 is 1.32 bits per heavy atom. The quantitative estimate of drug-likeness (QED) is 0.864. The normalized spacial score (nSPS) is 11.9. The van der Waals surface area contributed by atoms with Gasteiger partial charge in [0.2, 0.25) is 5.91 Å². The maximum atomic E-state index is 12.1. The molecule has 7 heteroatoms. The summed E-state index contributed by atoms with van der Waals surface area (Å²) >= 11 is 0. The van der Waals surface area contributed by atoms with Crippen molar-refractivity contribution < 1.29 is 14.7 Å². The number of hydrogen-bond donors (Lipinski definition) is 1. The summed E-state index contributed by atoms with van der Waals surface area (Å²) in [6.45, 7) is 1.76. The van der Waals surface area contributed by atoms with Crippen LogP contribution in [0.25, 0.3) is 11.4 Å². The van der Waals surface area contributed by atoms with Crippen LogP contribution in [0.1, 0.15) is 6.92 Å². The smallest absolute Gasteiger partial charge is 0.308 e. The Balaban J connectivity index is 1.98. The van der Waals surface area contributed by atoms with Gasteiger partial charge in [0, 0.05) is 19.2 Å². The number of nitrogens with zero attached hydrogens (tertiary/aromatic N) is 4. The van der Waals surface area contributed by atoms with Gasteiger partial charge in [0.05, 0.1) is 5.92 Å². The number of carboxylic acids is 1. The number of aromatic nitrogens is 3. The molecular weight excluding hydrogens is 284 g/mol. The van der Waals surface area contributed by atoms with Gasteiger partial charge in [0.25, 0.3) is 0 Å². The number of aliphatic carboxylic acids is 1. The molecule has 7 nitrogen and oxygen atoms in total. The molecule has 1 N–H and O–H groups in total. The van der Waals surface area contributed by atoms with E-state index in [9.17, 15) is 9.59 Å². The topological polar surface area (TPSA) is 88.3 Å². The van der Waals surface area contributed by atoms with Crippen LogP contribution < -0.4 is 0 Å². The molecule has 0 bridgehead atoms. The van der Waals surface area contributed by atoms with Gasteiger partial charge in [0.1, 0.15) is 12.9 Å². The predicted octanol–water partition coefficient (Wildman–Crippen LogP) is 1.12. The van der Waals surface area contributed by atoms with E-state index in [0.29, 0.717) is 5.82 Å². The zero-order chi connectivity index (χ0) is 16.1. The van der Waals surface area contributed by atoms with Crippen molar-refractivity contribution >= 4 is 11.9 Å². The summed E-state index contributed by atoms with van der Waals surface area (Å²) in [6.07, 6.45) is 1.49. The molecule has 1 heterocycles. The average molecular weight is 302 g/mol. The molecule has 1 aromatic carbocycles. The van der Waals surface area contributed by atoms with E-state index in [2.05, 4.69) is 10.1 Å². The molecule has 22 heavy (non-hydrogen) atoms. The van der Waals surface area contributed by atoms with E-state index in [4.69, 9.17) is 5.11 Å². The Morgan fingerprint density at radius 2 is 2.00 bits per heavy atom. The van der Waals surface area contributed by atoms with Crippen molar-refractivity contribution in [3.63, 3.8) is 0 Å². The van der Waals surface area contributed by atoms with E-state index in [1.165, 1.54) is 15.9 Å². The van der Waals surface area contributed by atoms with E-state index in [1.54, 1.807) is 14.0 Å². The molecule has 0 radical (unpaired) electrons. The van der Waals surface area contributed by atoms with E-state index < -0.39 is 11.9 Å². The first-order chi connectivity index (χ1) is 10.5. The van der Waals surface area contributed by atoms with Gasteiger partial charge in [-0.05, 0) is 0 Å². The monoisotopic (exact) mass is 302 g/mol. The second kappa shape index (κ2) is 6.84. The Bertz CT molecular complexity index is 654. The van der Waals surface area contributed by atoms with Crippen molar-refractivity contribution in [2.45, 2.75) is 13.5 Å². The second-order valence-corrected chi connectivity index (χ2v) is 5.15. The van der Waals surface area contributed by atoms with Crippen LogP contribution in [0.5, 0.6) is 0 Å². The fraction of sp³-hybridized carbons (Fsp3) is 0.333. The lowest BCUT2D eigenvalue weighted by Gasteiger charge is -2.19. The van der Waals surface area contributed by atoms with E-state index in [0.717, 1.165) is 5.56 Å². The molecule has 0 saturated heterocycles. The minimum atomic E-state index is -0.924. The third kappa shape index (κ3) is 3.91. The molecular formula is C15H18N4O3. The van der Waals surface area contributed by atoms with E-state index >= 15 is 0 Å². The number of carboxylic acid groups (broad SMARTS) is 1. The first-order valence-electron chi connectivity index (χ1n) is 6.89. The molecule has 116 valence electrons. The maximum Gasteiger partial charge on any atom is 0.308 e. The van der Waals surface area contributed by atoms with Crippen LogP contribution in [0.2, 0.25) is 0 Å². The van der Waals surface area contributed by atoms with Gasteiger partial charge >= 0.3 is 5.97 Å². The highest BCUT2D eigenvalue weighted by atomic mass is 16.4. The van der Waals surface area contributed by atoms with Gasteiger partial charge in [-0.1, -0.05) is 37.3 Å². The molecule has 0 fully saturated rings. The van der Waals surface area contributed by atoms with Crippen LogP contribution in [-0.4, -0.2) is 50.2 Å². The zero-order valence-corrected chi connectivity index (χ0v) is 12.5. The van der Waals surface area contributed by atoms with Gasteiger partial charge < -0.3 is 10.0 Å². The summed E-state index contributed by atoms with van der Waals surface area (Å²) in [5.74, 6) is -1.19. The van der Waals surface area contributed by atoms with Crippen LogP contribution in [0.15, 0.2) is 36.7 Å². The largest absolute Gasteiger partial charge is 0.481 e. The Kier molecular flexibility index (Phi) is 4.88. The van der Waals surface area contributed by atoms with Gasteiger partial charge in [-0.3, -0.25) is 9.59 Å². The molecule has 0 aliphatic heterocycles.